The third-order valence-corrected chi connectivity index (χ3v) is 6.34. The Balaban J connectivity index is 1.33. The molecule has 182 valence electrons. The molecule has 0 fully saturated rings. The number of rotatable bonds is 5. The van der Waals surface area contributed by atoms with Crippen molar-refractivity contribution in [3.63, 3.8) is 0 Å². The van der Waals surface area contributed by atoms with Crippen LogP contribution in [0.25, 0.3) is 10.9 Å². The minimum absolute atomic E-state index is 0.116. The Bertz CT molecular complexity index is 1490. The van der Waals surface area contributed by atoms with Gasteiger partial charge in [0.2, 0.25) is 0 Å². The second-order valence-corrected chi connectivity index (χ2v) is 8.87. The van der Waals surface area contributed by atoms with Crippen LogP contribution < -0.4 is 15.0 Å². The number of amides is 1. The quantitative estimate of drug-likeness (QED) is 0.443. The highest BCUT2D eigenvalue weighted by molar-refractivity contribution is 6.04. The number of para-hydroxylation sites is 2. The summed E-state index contributed by atoms with van der Waals surface area (Å²) in [4.78, 5) is 39.4. The van der Waals surface area contributed by atoms with Crippen LogP contribution in [0.3, 0.4) is 0 Å². The summed E-state index contributed by atoms with van der Waals surface area (Å²) in [6.07, 6.45) is -0.782. The largest absolute Gasteiger partial charge is 0.481 e. The molecule has 4 aromatic rings. The van der Waals surface area contributed by atoms with Gasteiger partial charge in [0.25, 0.3) is 11.8 Å². The molecule has 0 spiro atoms. The molecule has 5 rings (SSSR count). The maximum atomic E-state index is 13.3. The van der Waals surface area contributed by atoms with Crippen molar-refractivity contribution in [3.05, 3.63) is 89.6 Å². The maximum absolute atomic E-state index is 13.3. The maximum Gasteiger partial charge on any atom is 0.307 e. The van der Waals surface area contributed by atoms with E-state index in [2.05, 4.69) is 5.32 Å². The van der Waals surface area contributed by atoms with Crippen molar-refractivity contribution >= 4 is 40.1 Å². The van der Waals surface area contributed by atoms with Crippen LogP contribution in [0.4, 0.5) is 11.4 Å². The number of fused-ring (bicyclic) bond motifs is 2. The van der Waals surface area contributed by atoms with Crippen LogP contribution in [0.15, 0.2) is 72.8 Å². The number of nitrogens with zero attached hydrogens (tertiary/aromatic N) is 2. The molecule has 0 bridgehead atoms. The Morgan fingerprint density at radius 2 is 1.78 bits per heavy atom. The molecule has 1 aliphatic heterocycles. The van der Waals surface area contributed by atoms with Gasteiger partial charge in [-0.1, -0.05) is 24.3 Å². The van der Waals surface area contributed by atoms with Crippen molar-refractivity contribution in [1.82, 2.24) is 4.57 Å². The summed E-state index contributed by atoms with van der Waals surface area (Å²) in [5, 5.41) is 12.8. The van der Waals surface area contributed by atoms with Gasteiger partial charge in [0.05, 0.1) is 24.2 Å². The van der Waals surface area contributed by atoms with Gasteiger partial charge in [-0.05, 0) is 61.0 Å². The molecular formula is C28H25N3O5. The fraction of sp³-hybridized carbons (Fsp3) is 0.179. The van der Waals surface area contributed by atoms with E-state index in [0.29, 0.717) is 40.3 Å². The summed E-state index contributed by atoms with van der Waals surface area (Å²) in [5.41, 5.74) is 3.97. The van der Waals surface area contributed by atoms with Gasteiger partial charge in [0.1, 0.15) is 5.75 Å². The second kappa shape index (κ2) is 9.22. The van der Waals surface area contributed by atoms with E-state index in [-0.39, 0.29) is 18.2 Å². The number of nitrogens with one attached hydrogen (secondary N) is 1. The van der Waals surface area contributed by atoms with Crippen molar-refractivity contribution in [2.75, 3.05) is 23.8 Å². The van der Waals surface area contributed by atoms with Gasteiger partial charge in [0, 0.05) is 29.4 Å². The molecule has 8 heteroatoms. The van der Waals surface area contributed by atoms with Crippen molar-refractivity contribution in [1.29, 1.82) is 0 Å². The van der Waals surface area contributed by atoms with Crippen molar-refractivity contribution in [2.24, 2.45) is 0 Å². The summed E-state index contributed by atoms with van der Waals surface area (Å²) >= 11 is 0. The molecule has 1 aliphatic rings. The molecule has 0 radical (unpaired) electrons. The molecule has 0 saturated carbocycles. The van der Waals surface area contributed by atoms with E-state index in [9.17, 15) is 19.5 Å². The summed E-state index contributed by atoms with van der Waals surface area (Å²) in [7, 11) is 1.92. The normalized spacial score (nSPS) is 14.7. The summed E-state index contributed by atoms with van der Waals surface area (Å²) in [5.74, 6) is -0.769. The zero-order chi connectivity index (χ0) is 25.4. The average molecular weight is 484 g/mol. The van der Waals surface area contributed by atoms with Crippen LogP contribution in [0.2, 0.25) is 0 Å². The molecular weight excluding hydrogens is 458 g/mol. The van der Waals surface area contributed by atoms with Crippen LogP contribution in [0, 0.1) is 6.92 Å². The van der Waals surface area contributed by atoms with E-state index in [1.165, 1.54) is 0 Å². The Kier molecular flexibility index (Phi) is 5.93. The van der Waals surface area contributed by atoms with Gasteiger partial charge in [0.15, 0.2) is 6.10 Å². The van der Waals surface area contributed by atoms with E-state index < -0.39 is 12.1 Å². The Hall–Kier alpha value is -4.59. The molecule has 3 aromatic carbocycles. The van der Waals surface area contributed by atoms with Crippen molar-refractivity contribution in [2.45, 2.75) is 19.4 Å². The monoisotopic (exact) mass is 483 g/mol. The number of hydrogen-bond acceptors (Lipinski definition) is 5. The van der Waals surface area contributed by atoms with Gasteiger partial charge >= 0.3 is 5.97 Å². The minimum atomic E-state index is -0.925. The highest BCUT2D eigenvalue weighted by atomic mass is 16.5. The third-order valence-electron chi connectivity index (χ3n) is 6.34. The lowest BCUT2D eigenvalue weighted by atomic mass is 10.1. The molecule has 2 heterocycles. The number of anilines is 2. The van der Waals surface area contributed by atoms with Crippen LogP contribution in [-0.2, 0) is 16.0 Å². The molecule has 2 N–H and O–H groups in total. The first-order valence-corrected chi connectivity index (χ1v) is 11.6. The average Bonchev–Trinajstić information content (AvgIpc) is 3.20. The molecule has 36 heavy (non-hydrogen) atoms. The molecule has 8 nitrogen and oxygen atoms in total. The van der Waals surface area contributed by atoms with Crippen LogP contribution in [0.1, 0.15) is 21.6 Å². The van der Waals surface area contributed by atoms with E-state index in [4.69, 9.17) is 4.74 Å². The molecule has 1 amide bonds. The number of likely N-dealkylation sites (N-methyl/N-ethyl adjacent to an activating group) is 1. The predicted molar refractivity (Wildman–Crippen MR) is 137 cm³/mol. The Morgan fingerprint density at radius 3 is 2.53 bits per heavy atom. The van der Waals surface area contributed by atoms with E-state index in [0.717, 1.165) is 11.1 Å². The number of carbonyl (C=O) groups excluding carboxylic acids is 2. The van der Waals surface area contributed by atoms with E-state index >= 15 is 0 Å². The smallest absolute Gasteiger partial charge is 0.307 e. The summed E-state index contributed by atoms with van der Waals surface area (Å²) in [6.45, 7) is 2.24. The number of aromatic nitrogens is 1. The first-order chi connectivity index (χ1) is 17.3. The van der Waals surface area contributed by atoms with Crippen LogP contribution in [-0.4, -0.2) is 47.2 Å². The van der Waals surface area contributed by atoms with Gasteiger partial charge in [-0.2, -0.15) is 0 Å². The van der Waals surface area contributed by atoms with Gasteiger partial charge in [-0.15, -0.1) is 0 Å². The zero-order valence-electron chi connectivity index (χ0n) is 19.9. The number of ether oxygens (including phenoxy) is 1. The van der Waals surface area contributed by atoms with Crippen molar-refractivity contribution in [3.8, 4) is 5.75 Å². The molecule has 1 unspecified atom stereocenters. The lowest BCUT2D eigenvalue weighted by Gasteiger charge is -2.32. The molecule has 1 aromatic heterocycles. The number of hydrogen-bond donors (Lipinski definition) is 2. The van der Waals surface area contributed by atoms with Gasteiger partial charge < -0.3 is 20.1 Å². The number of carbonyl (C=O) groups is 3. The third kappa shape index (κ3) is 4.29. The Morgan fingerprint density at radius 1 is 1.03 bits per heavy atom. The summed E-state index contributed by atoms with van der Waals surface area (Å²) < 4.78 is 7.47. The number of carboxylic acids is 1. The van der Waals surface area contributed by atoms with Crippen molar-refractivity contribution < 1.29 is 24.2 Å². The molecule has 1 atom stereocenters. The highest BCUT2D eigenvalue weighted by Crippen LogP contribution is 2.32. The molecule has 0 saturated heterocycles. The predicted octanol–water partition coefficient (Wildman–Crippen LogP) is 4.10. The van der Waals surface area contributed by atoms with Crippen LogP contribution >= 0.6 is 0 Å². The number of aryl methyl sites for hydroxylation is 1. The topological polar surface area (TPSA) is 101 Å². The number of aliphatic carboxylic acids is 1. The highest BCUT2D eigenvalue weighted by Gasteiger charge is 2.29. The lowest BCUT2D eigenvalue weighted by Crippen LogP contribution is -2.45. The lowest BCUT2D eigenvalue weighted by molar-refractivity contribution is -0.136. The first kappa shape index (κ1) is 23.2. The van der Waals surface area contributed by atoms with E-state index in [1.54, 1.807) is 47.0 Å². The molecule has 0 aliphatic carbocycles. The SMILES string of the molecule is Cc1cc2c(CC(=O)O)cccc2n1C(=O)c1ccc(NC(=O)C2CN(C)c3ccccc3O2)cc1. The number of benzene rings is 3. The second-order valence-electron chi connectivity index (χ2n) is 8.87. The van der Waals surface area contributed by atoms with Gasteiger partial charge in [-0.3, -0.25) is 19.0 Å². The van der Waals surface area contributed by atoms with E-state index in [1.807, 2.05) is 49.2 Å². The van der Waals surface area contributed by atoms with Crippen LogP contribution in [0.5, 0.6) is 5.75 Å². The zero-order valence-corrected chi connectivity index (χ0v) is 19.9. The minimum Gasteiger partial charge on any atom is -0.481 e. The fourth-order valence-corrected chi connectivity index (χ4v) is 4.61. The van der Waals surface area contributed by atoms with Gasteiger partial charge in [-0.25, -0.2) is 0 Å². The fourth-order valence-electron chi connectivity index (χ4n) is 4.61. The summed E-state index contributed by atoms with van der Waals surface area (Å²) in [6, 6.07) is 21.4. The number of carboxylic acid groups (broad SMARTS) is 1. The Labute approximate surface area is 207 Å². The first-order valence-electron chi connectivity index (χ1n) is 11.6. The standard InChI is InChI=1S/C28H25N3O5/c1-17-14-21-19(15-26(32)33)6-5-8-22(21)31(17)28(35)18-10-12-20(13-11-18)29-27(34)25-16-30(2)23-7-3-4-9-24(23)36-25/h3-14,25H,15-16H2,1-2H3,(H,29,34)(H,32,33).